The highest BCUT2D eigenvalue weighted by Crippen LogP contribution is 3.02. The minimum absolute atomic E-state index is 0.000914. The van der Waals surface area contributed by atoms with Gasteiger partial charge in [-0.2, -0.15) is 0 Å². The van der Waals surface area contributed by atoms with Crippen molar-refractivity contribution < 1.29 is 23.8 Å². The number of rotatable bonds is 5. The van der Waals surface area contributed by atoms with Crippen molar-refractivity contribution in [2.75, 3.05) is 0 Å². The monoisotopic (exact) mass is 306 g/mol. The van der Waals surface area contributed by atoms with Gasteiger partial charge in [0, 0.05) is 0 Å². The molecule has 0 fully saturated rings. The zero-order valence-corrected chi connectivity index (χ0v) is 11.5. The molecule has 0 saturated heterocycles. The molecule has 0 N–H and O–H groups in total. The number of hydrogen-bond acceptors (Lipinski definition) is 0. The van der Waals surface area contributed by atoms with Crippen LogP contribution < -0.4 is 0 Å². The molecule has 0 saturated carbocycles. The maximum absolute atomic E-state index is 13.9. The van der Waals surface area contributed by atoms with Gasteiger partial charge in [-0.3, -0.25) is 0 Å². The molecule has 19 heavy (non-hydrogen) atoms. The molecule has 7 heteroatoms. The molecule has 0 amide bonds. The summed E-state index contributed by atoms with van der Waals surface area (Å²) >= 11 is 0. The maximum atomic E-state index is 13.9. The van der Waals surface area contributed by atoms with E-state index in [1.807, 2.05) is 0 Å². The van der Waals surface area contributed by atoms with Gasteiger partial charge in [-0.15, -0.1) is 0 Å². The van der Waals surface area contributed by atoms with E-state index in [0.29, 0.717) is 6.42 Å². The summed E-state index contributed by atoms with van der Waals surface area (Å²) in [5, 5.41) is 0. The minimum Gasteiger partial charge on any atom is -0.205 e. The van der Waals surface area contributed by atoms with Crippen LogP contribution in [-0.2, 0) is 12.8 Å². The summed E-state index contributed by atoms with van der Waals surface area (Å²) < 4.78 is 78.7. The Labute approximate surface area is 108 Å². The highest BCUT2D eigenvalue weighted by atomic mass is 32.5. The smallest absolute Gasteiger partial charge is 0.205 e. The van der Waals surface area contributed by atoms with Crippen LogP contribution in [0.3, 0.4) is 0 Å². The third kappa shape index (κ3) is 3.81. The van der Waals surface area contributed by atoms with Crippen LogP contribution in [-0.4, -0.2) is 0 Å². The third-order valence-electron chi connectivity index (χ3n) is 2.68. The molecule has 0 aliphatic rings. The van der Waals surface area contributed by atoms with Crippen molar-refractivity contribution in [3.63, 3.8) is 0 Å². The zero-order chi connectivity index (χ0) is 15.0. The molecule has 0 atom stereocenters. The minimum atomic E-state index is -10.0. The van der Waals surface area contributed by atoms with Crippen LogP contribution in [0.5, 0.6) is 0 Å². The van der Waals surface area contributed by atoms with Crippen molar-refractivity contribution in [3.8, 4) is 0 Å². The van der Waals surface area contributed by atoms with Gasteiger partial charge in [0.05, 0.1) is 0 Å². The number of aryl methyl sites for hydroxylation is 2. The second-order valence-corrected chi connectivity index (χ2v) is 6.84. The van der Waals surface area contributed by atoms with E-state index in [1.54, 1.807) is 13.8 Å². The molecule has 0 radical (unpaired) electrons. The average molecular weight is 306 g/mol. The van der Waals surface area contributed by atoms with E-state index in [2.05, 4.69) is 0 Å². The van der Waals surface area contributed by atoms with E-state index in [0.717, 1.165) is 12.1 Å². The van der Waals surface area contributed by atoms with Crippen molar-refractivity contribution in [2.45, 2.75) is 44.4 Å². The molecule has 1 aromatic rings. The molecule has 0 spiro atoms. The third-order valence-corrected chi connectivity index (χ3v) is 3.90. The lowest BCUT2D eigenvalue weighted by molar-refractivity contribution is 0.352. The predicted octanol–water partition coefficient (Wildman–Crippen LogP) is 6.39. The first-order valence-electron chi connectivity index (χ1n) is 5.95. The summed E-state index contributed by atoms with van der Waals surface area (Å²) in [5.41, 5.74) is -0.982. The molecule has 0 heterocycles. The van der Waals surface area contributed by atoms with Crippen LogP contribution in [0.2, 0.25) is 0 Å². The predicted molar refractivity (Wildman–Crippen MR) is 65.8 cm³/mol. The largest absolute Gasteiger partial charge is 0.313 e. The Bertz CT molecular complexity index is 476. The summed E-state index contributed by atoms with van der Waals surface area (Å²) in [4.78, 5) is -2.33. The van der Waals surface area contributed by atoms with E-state index in [9.17, 15) is 23.8 Å². The first-order chi connectivity index (χ1) is 8.40. The van der Waals surface area contributed by atoms with E-state index < -0.39 is 26.5 Å². The van der Waals surface area contributed by atoms with Crippen molar-refractivity contribution in [2.24, 2.45) is 0 Å². The van der Waals surface area contributed by atoms with E-state index >= 15 is 0 Å². The molecule has 0 aromatic heterocycles. The topological polar surface area (TPSA) is 0 Å². The van der Waals surface area contributed by atoms with Gasteiger partial charge in [0.1, 0.15) is 10.7 Å². The second-order valence-electron chi connectivity index (χ2n) is 4.50. The Morgan fingerprint density at radius 1 is 0.842 bits per heavy atom. The summed E-state index contributed by atoms with van der Waals surface area (Å²) in [7, 11) is -10.0. The summed E-state index contributed by atoms with van der Waals surface area (Å²) in [6, 6.07) is 2.13. The molecule has 0 aliphatic carbocycles. The normalized spacial score (nSPS) is 16.0. The maximum Gasteiger partial charge on any atom is 0.313 e. The van der Waals surface area contributed by atoms with Gasteiger partial charge in [0.2, 0.25) is 0 Å². The van der Waals surface area contributed by atoms with Crippen LogP contribution in [0.25, 0.3) is 0 Å². The highest BCUT2D eigenvalue weighted by molar-refractivity contribution is 8.45. The van der Waals surface area contributed by atoms with Gasteiger partial charge in [0.15, 0.2) is 0 Å². The van der Waals surface area contributed by atoms with Gasteiger partial charge in [-0.25, -0.2) is 4.39 Å². The molecule has 1 aromatic carbocycles. The van der Waals surface area contributed by atoms with Gasteiger partial charge in [-0.1, -0.05) is 58.3 Å². The second kappa shape index (κ2) is 4.33. The van der Waals surface area contributed by atoms with E-state index in [-0.39, 0.29) is 24.8 Å². The van der Waals surface area contributed by atoms with Crippen LogP contribution in [0.1, 0.15) is 37.8 Å². The molecular weight excluding hydrogens is 290 g/mol. The molecule has 0 nitrogen and oxygen atoms in total. The Kier molecular flexibility index (Phi) is 3.69. The van der Waals surface area contributed by atoms with Crippen LogP contribution in [0.4, 0.5) is 23.8 Å². The standard InChI is InChI=1S/C12H16F6S/c1-3-5-9-7-8-10(6-4-2)12(11(9)13)19(14,15,16,17)18/h7-8H,3-6H2,1-2H3. The van der Waals surface area contributed by atoms with Gasteiger partial charge in [-0.05, 0) is 24.0 Å². The van der Waals surface area contributed by atoms with Gasteiger partial charge < -0.3 is 0 Å². The average Bonchev–Trinajstić information content (AvgIpc) is 2.18. The summed E-state index contributed by atoms with van der Waals surface area (Å²) in [6.07, 6.45) is 0.376. The van der Waals surface area contributed by atoms with Crippen molar-refractivity contribution in [1.29, 1.82) is 0 Å². The molecular formula is C12H16F6S. The van der Waals surface area contributed by atoms with Crippen LogP contribution in [0.15, 0.2) is 17.0 Å². The number of halogens is 6. The van der Waals surface area contributed by atoms with Crippen LogP contribution >= 0.6 is 10.2 Å². The fourth-order valence-electron chi connectivity index (χ4n) is 1.98. The van der Waals surface area contributed by atoms with Crippen molar-refractivity contribution >= 4 is 10.2 Å². The molecule has 0 aliphatic heterocycles. The Hall–Kier alpha value is -0.850. The number of benzene rings is 1. The molecule has 1 rings (SSSR count). The molecule has 112 valence electrons. The van der Waals surface area contributed by atoms with Crippen molar-refractivity contribution in [1.82, 2.24) is 0 Å². The molecule has 0 unspecified atom stereocenters. The van der Waals surface area contributed by atoms with E-state index in [4.69, 9.17) is 0 Å². The Morgan fingerprint density at radius 2 is 1.26 bits per heavy atom. The lowest BCUT2D eigenvalue weighted by Gasteiger charge is -2.42. The first kappa shape index (κ1) is 16.2. The van der Waals surface area contributed by atoms with Crippen LogP contribution in [0, 0.1) is 5.82 Å². The SMILES string of the molecule is CCCc1ccc(CCC)c(S(F)(F)(F)(F)F)c1F. The van der Waals surface area contributed by atoms with Gasteiger partial charge in [0.25, 0.3) is 0 Å². The molecule has 0 bridgehead atoms. The quantitative estimate of drug-likeness (QED) is 0.553. The fourth-order valence-corrected chi connectivity index (χ4v) is 3.12. The van der Waals surface area contributed by atoms with E-state index in [1.165, 1.54) is 0 Å². The summed E-state index contributed by atoms with van der Waals surface area (Å²) in [5.74, 6) is -1.81. The Balaban J connectivity index is 3.63. The van der Waals surface area contributed by atoms with Gasteiger partial charge >= 0.3 is 10.2 Å². The first-order valence-corrected chi connectivity index (χ1v) is 7.90. The number of hydrogen-bond donors (Lipinski definition) is 0. The zero-order valence-electron chi connectivity index (χ0n) is 10.7. The summed E-state index contributed by atoms with van der Waals surface area (Å²) in [6.45, 7) is 3.19. The Morgan fingerprint density at radius 3 is 1.68 bits per heavy atom. The lowest BCUT2D eigenvalue weighted by atomic mass is 10.0. The lowest BCUT2D eigenvalue weighted by Crippen LogP contribution is -2.14. The fraction of sp³-hybridized carbons (Fsp3) is 0.500. The highest BCUT2D eigenvalue weighted by Gasteiger charge is 2.68. The van der Waals surface area contributed by atoms with Crippen molar-refractivity contribution in [3.05, 3.63) is 29.1 Å².